The number of ether oxygens (including phenoxy) is 1. The Morgan fingerprint density at radius 2 is 2.20 bits per heavy atom. The molecule has 1 amide bonds. The maximum Gasteiger partial charge on any atom is 0.239 e. The van der Waals surface area contributed by atoms with E-state index in [1.807, 2.05) is 30.9 Å². The van der Waals surface area contributed by atoms with Crippen LogP contribution in [0.4, 0.5) is 0 Å². The molecule has 5 heteroatoms. The lowest BCUT2D eigenvalue weighted by Gasteiger charge is -2.24. The van der Waals surface area contributed by atoms with E-state index >= 15 is 0 Å². The molecule has 0 spiro atoms. The van der Waals surface area contributed by atoms with Crippen LogP contribution in [-0.2, 0) is 11.3 Å². The summed E-state index contributed by atoms with van der Waals surface area (Å²) in [7, 11) is 0. The van der Waals surface area contributed by atoms with Crippen molar-refractivity contribution in [1.82, 2.24) is 9.88 Å². The van der Waals surface area contributed by atoms with Crippen LogP contribution in [0.3, 0.4) is 0 Å². The molecule has 1 fully saturated rings. The molecule has 1 saturated carbocycles. The number of nitrogens with two attached hydrogens (primary N) is 1. The number of rotatable bonds is 6. The number of hydrogen-bond donors (Lipinski definition) is 1. The molecule has 1 atom stereocenters. The number of pyridine rings is 1. The van der Waals surface area contributed by atoms with E-state index < -0.39 is 6.04 Å². The summed E-state index contributed by atoms with van der Waals surface area (Å²) in [5, 5.41) is 0. The molecular weight excluding hydrogens is 254 g/mol. The van der Waals surface area contributed by atoms with Crippen LogP contribution in [0.2, 0.25) is 0 Å². The molecule has 1 aromatic heterocycles. The Balaban J connectivity index is 2.08. The summed E-state index contributed by atoms with van der Waals surface area (Å²) in [5.74, 6) is 0.608. The summed E-state index contributed by atoms with van der Waals surface area (Å²) >= 11 is 0. The first-order valence-electron chi connectivity index (χ1n) is 7.15. The molecule has 1 aliphatic rings. The van der Waals surface area contributed by atoms with E-state index in [0.717, 1.165) is 18.4 Å². The molecule has 0 unspecified atom stereocenters. The molecule has 0 saturated heterocycles. The summed E-state index contributed by atoms with van der Waals surface area (Å²) in [6, 6.07) is 3.70. The van der Waals surface area contributed by atoms with Gasteiger partial charge in [-0.25, -0.2) is 4.98 Å². The summed E-state index contributed by atoms with van der Waals surface area (Å²) in [4.78, 5) is 18.2. The number of nitrogens with zero attached hydrogens (tertiary/aromatic N) is 2. The molecule has 1 aliphatic carbocycles. The third kappa shape index (κ3) is 3.93. The Kier molecular flexibility index (Phi) is 4.60. The summed E-state index contributed by atoms with van der Waals surface area (Å²) < 4.78 is 5.58. The lowest BCUT2D eigenvalue weighted by atomic mass is 10.2. The quantitative estimate of drug-likeness (QED) is 0.859. The van der Waals surface area contributed by atoms with Crippen molar-refractivity contribution in [3.05, 3.63) is 23.9 Å². The normalized spacial score (nSPS) is 16.1. The molecule has 1 heterocycles. The molecule has 0 aromatic carbocycles. The highest BCUT2D eigenvalue weighted by molar-refractivity contribution is 5.81. The van der Waals surface area contributed by atoms with E-state index in [9.17, 15) is 4.79 Å². The van der Waals surface area contributed by atoms with Gasteiger partial charge in [-0.15, -0.1) is 0 Å². The van der Waals surface area contributed by atoms with Crippen molar-refractivity contribution in [2.24, 2.45) is 5.73 Å². The van der Waals surface area contributed by atoms with Crippen LogP contribution >= 0.6 is 0 Å². The van der Waals surface area contributed by atoms with Gasteiger partial charge >= 0.3 is 0 Å². The van der Waals surface area contributed by atoms with E-state index in [1.165, 1.54) is 0 Å². The topological polar surface area (TPSA) is 68.5 Å². The number of aromatic nitrogens is 1. The van der Waals surface area contributed by atoms with Crippen molar-refractivity contribution in [2.75, 3.05) is 0 Å². The Morgan fingerprint density at radius 3 is 2.75 bits per heavy atom. The maximum absolute atomic E-state index is 12.1. The van der Waals surface area contributed by atoms with Crippen molar-refractivity contribution >= 4 is 5.91 Å². The SMILES string of the molecule is CC(C)Oc1cc(CN(C(=O)[C@@H](C)N)C2CC2)ccn1. The average Bonchev–Trinajstić information content (AvgIpc) is 3.19. The summed E-state index contributed by atoms with van der Waals surface area (Å²) in [6.45, 7) is 6.23. The smallest absolute Gasteiger partial charge is 0.239 e. The van der Waals surface area contributed by atoms with Gasteiger partial charge in [-0.05, 0) is 45.2 Å². The Hall–Kier alpha value is -1.62. The lowest BCUT2D eigenvalue weighted by Crippen LogP contribution is -2.42. The fourth-order valence-electron chi connectivity index (χ4n) is 2.09. The van der Waals surface area contributed by atoms with Gasteiger partial charge < -0.3 is 15.4 Å². The van der Waals surface area contributed by atoms with E-state index in [-0.39, 0.29) is 12.0 Å². The van der Waals surface area contributed by atoms with Gasteiger partial charge in [0, 0.05) is 24.8 Å². The Labute approximate surface area is 120 Å². The fraction of sp³-hybridized carbons (Fsp3) is 0.600. The third-order valence-corrected chi connectivity index (χ3v) is 3.17. The van der Waals surface area contributed by atoms with Crippen LogP contribution in [0.5, 0.6) is 5.88 Å². The minimum atomic E-state index is -0.455. The number of amides is 1. The van der Waals surface area contributed by atoms with Crippen molar-refractivity contribution in [1.29, 1.82) is 0 Å². The van der Waals surface area contributed by atoms with Gasteiger partial charge in [-0.1, -0.05) is 0 Å². The zero-order chi connectivity index (χ0) is 14.7. The van der Waals surface area contributed by atoms with Crippen LogP contribution < -0.4 is 10.5 Å². The van der Waals surface area contributed by atoms with Gasteiger partial charge in [0.05, 0.1) is 12.1 Å². The molecule has 1 aromatic rings. The highest BCUT2D eigenvalue weighted by atomic mass is 16.5. The number of carbonyl (C=O) groups is 1. The maximum atomic E-state index is 12.1. The summed E-state index contributed by atoms with van der Waals surface area (Å²) in [5.41, 5.74) is 6.75. The number of hydrogen-bond acceptors (Lipinski definition) is 4. The van der Waals surface area contributed by atoms with Crippen LogP contribution in [-0.4, -0.2) is 34.0 Å². The van der Waals surface area contributed by atoms with Crippen LogP contribution in [0.1, 0.15) is 39.2 Å². The predicted molar refractivity (Wildman–Crippen MR) is 77.2 cm³/mol. The van der Waals surface area contributed by atoms with Crippen LogP contribution in [0.15, 0.2) is 18.3 Å². The second-order valence-electron chi connectivity index (χ2n) is 5.65. The average molecular weight is 277 g/mol. The molecule has 0 radical (unpaired) electrons. The lowest BCUT2D eigenvalue weighted by molar-refractivity contribution is -0.133. The van der Waals surface area contributed by atoms with Crippen LogP contribution in [0.25, 0.3) is 0 Å². The van der Waals surface area contributed by atoms with Crippen LogP contribution in [0, 0.1) is 0 Å². The number of carbonyl (C=O) groups excluding carboxylic acids is 1. The molecule has 5 nitrogen and oxygen atoms in total. The molecule has 0 bridgehead atoms. The molecule has 2 rings (SSSR count). The first-order valence-corrected chi connectivity index (χ1v) is 7.15. The molecule has 2 N–H and O–H groups in total. The Bertz CT molecular complexity index is 470. The second-order valence-corrected chi connectivity index (χ2v) is 5.65. The third-order valence-electron chi connectivity index (χ3n) is 3.17. The fourth-order valence-corrected chi connectivity index (χ4v) is 2.09. The van der Waals surface area contributed by atoms with Crippen molar-refractivity contribution in [3.8, 4) is 5.88 Å². The largest absolute Gasteiger partial charge is 0.475 e. The zero-order valence-electron chi connectivity index (χ0n) is 12.4. The highest BCUT2D eigenvalue weighted by Crippen LogP contribution is 2.29. The molecule has 0 aliphatic heterocycles. The van der Waals surface area contributed by atoms with Gasteiger partial charge in [0.2, 0.25) is 11.8 Å². The standard InChI is InChI=1S/C15H23N3O2/c1-10(2)20-14-8-12(6-7-17-14)9-18(13-4-5-13)15(19)11(3)16/h6-8,10-11,13H,4-5,9,16H2,1-3H3/t11-/m1/s1. The minimum Gasteiger partial charge on any atom is -0.475 e. The molecule has 110 valence electrons. The Morgan fingerprint density at radius 1 is 1.50 bits per heavy atom. The van der Waals surface area contributed by atoms with Gasteiger partial charge in [-0.2, -0.15) is 0 Å². The molecule has 20 heavy (non-hydrogen) atoms. The van der Waals surface area contributed by atoms with Crippen molar-refractivity contribution in [3.63, 3.8) is 0 Å². The molecular formula is C15H23N3O2. The second kappa shape index (κ2) is 6.22. The van der Waals surface area contributed by atoms with Gasteiger partial charge in [-0.3, -0.25) is 4.79 Å². The minimum absolute atomic E-state index is 0.00985. The van der Waals surface area contributed by atoms with Crippen molar-refractivity contribution in [2.45, 2.75) is 58.3 Å². The van der Waals surface area contributed by atoms with Crippen molar-refractivity contribution < 1.29 is 9.53 Å². The zero-order valence-corrected chi connectivity index (χ0v) is 12.4. The first kappa shape index (κ1) is 14.8. The summed E-state index contributed by atoms with van der Waals surface area (Å²) in [6.07, 6.45) is 3.94. The predicted octanol–water partition coefficient (Wildman–Crippen LogP) is 1.71. The highest BCUT2D eigenvalue weighted by Gasteiger charge is 2.33. The van der Waals surface area contributed by atoms with E-state index in [1.54, 1.807) is 13.1 Å². The first-order chi connectivity index (χ1) is 9.47. The van der Waals surface area contributed by atoms with Gasteiger partial charge in [0.1, 0.15) is 0 Å². The van der Waals surface area contributed by atoms with E-state index in [4.69, 9.17) is 10.5 Å². The van der Waals surface area contributed by atoms with E-state index in [0.29, 0.717) is 18.5 Å². The van der Waals surface area contributed by atoms with Gasteiger partial charge in [0.15, 0.2) is 0 Å². The van der Waals surface area contributed by atoms with E-state index in [2.05, 4.69) is 4.98 Å². The monoisotopic (exact) mass is 277 g/mol. The van der Waals surface area contributed by atoms with Gasteiger partial charge in [0.25, 0.3) is 0 Å².